The molecule has 0 fully saturated rings. The zero-order valence-electron chi connectivity index (χ0n) is 11.2. The molecule has 0 aliphatic carbocycles. The highest BCUT2D eigenvalue weighted by atomic mass is 79.9. The van der Waals surface area contributed by atoms with Crippen molar-refractivity contribution < 1.29 is 9.53 Å². The third-order valence-corrected chi connectivity index (χ3v) is 3.46. The van der Waals surface area contributed by atoms with Crippen molar-refractivity contribution in [1.82, 2.24) is 0 Å². The SMILES string of the molecule is Cc1ccc(OCCC(=O)Nc2ccccc2Br)cc1. The molecule has 104 valence electrons. The zero-order valence-corrected chi connectivity index (χ0v) is 12.8. The van der Waals surface area contributed by atoms with Gasteiger partial charge in [-0.05, 0) is 47.1 Å². The maximum absolute atomic E-state index is 11.8. The van der Waals surface area contributed by atoms with Gasteiger partial charge in [-0.15, -0.1) is 0 Å². The molecule has 0 aliphatic heterocycles. The van der Waals surface area contributed by atoms with Gasteiger partial charge in [-0.25, -0.2) is 0 Å². The lowest BCUT2D eigenvalue weighted by Gasteiger charge is -2.08. The molecule has 1 N–H and O–H groups in total. The van der Waals surface area contributed by atoms with Crippen LogP contribution in [-0.2, 0) is 4.79 Å². The van der Waals surface area contributed by atoms with Crippen LogP contribution in [0.5, 0.6) is 5.75 Å². The molecular weight excluding hydrogens is 318 g/mol. The number of anilines is 1. The molecule has 2 rings (SSSR count). The van der Waals surface area contributed by atoms with Crippen LogP contribution in [0.1, 0.15) is 12.0 Å². The summed E-state index contributed by atoms with van der Waals surface area (Å²) in [6, 6.07) is 15.3. The van der Waals surface area contributed by atoms with Crippen molar-refractivity contribution in [2.24, 2.45) is 0 Å². The minimum absolute atomic E-state index is 0.0657. The maximum atomic E-state index is 11.8. The van der Waals surface area contributed by atoms with Crippen molar-refractivity contribution in [2.45, 2.75) is 13.3 Å². The molecule has 0 radical (unpaired) electrons. The van der Waals surface area contributed by atoms with E-state index in [1.807, 2.05) is 55.5 Å². The molecule has 0 bridgehead atoms. The second kappa shape index (κ2) is 7.10. The monoisotopic (exact) mass is 333 g/mol. The van der Waals surface area contributed by atoms with Gasteiger partial charge in [-0.2, -0.15) is 0 Å². The highest BCUT2D eigenvalue weighted by Gasteiger charge is 2.05. The Kier molecular flexibility index (Phi) is 5.18. The molecule has 0 heterocycles. The summed E-state index contributed by atoms with van der Waals surface area (Å²) in [6.07, 6.45) is 0.315. The number of carbonyl (C=O) groups is 1. The van der Waals surface area contributed by atoms with E-state index in [9.17, 15) is 4.79 Å². The average molecular weight is 334 g/mol. The maximum Gasteiger partial charge on any atom is 0.227 e. The summed E-state index contributed by atoms with van der Waals surface area (Å²) in [5.41, 5.74) is 1.96. The number of benzene rings is 2. The molecule has 2 aromatic carbocycles. The van der Waals surface area contributed by atoms with E-state index in [1.165, 1.54) is 5.56 Å². The average Bonchev–Trinajstić information content (AvgIpc) is 2.44. The van der Waals surface area contributed by atoms with Crippen LogP contribution >= 0.6 is 15.9 Å². The number of rotatable bonds is 5. The van der Waals surface area contributed by atoms with Crippen LogP contribution in [0.4, 0.5) is 5.69 Å². The molecule has 0 saturated carbocycles. The van der Waals surface area contributed by atoms with Gasteiger partial charge >= 0.3 is 0 Å². The molecule has 0 aromatic heterocycles. The molecule has 0 unspecified atom stereocenters. The Bertz CT molecular complexity index is 581. The standard InChI is InChI=1S/C16H16BrNO2/c1-12-6-8-13(9-7-12)20-11-10-16(19)18-15-5-3-2-4-14(15)17/h2-9H,10-11H2,1H3,(H,18,19). The van der Waals surface area contributed by atoms with Gasteiger partial charge in [0.05, 0.1) is 18.7 Å². The van der Waals surface area contributed by atoms with Crippen molar-refractivity contribution >= 4 is 27.5 Å². The second-order valence-corrected chi connectivity index (χ2v) is 5.29. The lowest BCUT2D eigenvalue weighted by atomic mass is 10.2. The number of carbonyl (C=O) groups excluding carboxylic acids is 1. The van der Waals surface area contributed by atoms with E-state index >= 15 is 0 Å². The van der Waals surface area contributed by atoms with Crippen molar-refractivity contribution in [3.63, 3.8) is 0 Å². The molecule has 3 nitrogen and oxygen atoms in total. The van der Waals surface area contributed by atoms with Crippen LogP contribution in [0, 0.1) is 6.92 Å². The quantitative estimate of drug-likeness (QED) is 0.891. The fraction of sp³-hybridized carbons (Fsp3) is 0.188. The smallest absolute Gasteiger partial charge is 0.227 e. The molecule has 4 heteroatoms. The number of halogens is 1. The number of nitrogens with one attached hydrogen (secondary N) is 1. The van der Waals surface area contributed by atoms with Crippen molar-refractivity contribution in [1.29, 1.82) is 0 Å². The largest absolute Gasteiger partial charge is 0.493 e. The molecule has 0 saturated heterocycles. The Labute approximate surface area is 127 Å². The molecule has 2 aromatic rings. The topological polar surface area (TPSA) is 38.3 Å². The summed E-state index contributed by atoms with van der Waals surface area (Å²) >= 11 is 3.39. The first-order valence-electron chi connectivity index (χ1n) is 6.39. The minimum atomic E-state index is -0.0657. The number of hydrogen-bond acceptors (Lipinski definition) is 2. The van der Waals surface area contributed by atoms with Gasteiger partial charge in [0.25, 0.3) is 0 Å². The molecule has 0 spiro atoms. The van der Waals surface area contributed by atoms with Gasteiger partial charge in [0.15, 0.2) is 0 Å². The van der Waals surface area contributed by atoms with Crippen molar-refractivity contribution in [3.8, 4) is 5.75 Å². The van der Waals surface area contributed by atoms with Gasteiger partial charge in [0.2, 0.25) is 5.91 Å². The van der Waals surface area contributed by atoms with Crippen LogP contribution in [0.25, 0.3) is 0 Å². The molecule has 0 aliphatic rings. The van der Waals surface area contributed by atoms with Gasteiger partial charge in [-0.1, -0.05) is 29.8 Å². The Morgan fingerprint density at radius 3 is 2.55 bits per heavy atom. The van der Waals surface area contributed by atoms with E-state index in [2.05, 4.69) is 21.2 Å². The van der Waals surface area contributed by atoms with Crippen LogP contribution in [0.2, 0.25) is 0 Å². The predicted molar refractivity (Wildman–Crippen MR) is 84.1 cm³/mol. The minimum Gasteiger partial charge on any atom is -0.493 e. The Balaban J connectivity index is 1.78. The Hall–Kier alpha value is -1.81. The van der Waals surface area contributed by atoms with Crippen molar-refractivity contribution in [2.75, 3.05) is 11.9 Å². The second-order valence-electron chi connectivity index (χ2n) is 4.44. The molecule has 1 amide bonds. The molecule has 20 heavy (non-hydrogen) atoms. The normalized spacial score (nSPS) is 10.1. The van der Waals surface area contributed by atoms with Gasteiger partial charge in [-0.3, -0.25) is 4.79 Å². The van der Waals surface area contributed by atoms with Gasteiger partial charge in [0, 0.05) is 4.47 Å². The van der Waals surface area contributed by atoms with Gasteiger partial charge < -0.3 is 10.1 Å². The zero-order chi connectivity index (χ0) is 14.4. The van der Waals surface area contributed by atoms with Crippen LogP contribution < -0.4 is 10.1 Å². The fourth-order valence-electron chi connectivity index (χ4n) is 1.67. The number of hydrogen-bond donors (Lipinski definition) is 1. The Morgan fingerprint density at radius 2 is 1.85 bits per heavy atom. The summed E-state index contributed by atoms with van der Waals surface area (Å²) in [6.45, 7) is 2.38. The predicted octanol–water partition coefficient (Wildman–Crippen LogP) is 4.17. The van der Waals surface area contributed by atoms with E-state index in [0.717, 1.165) is 15.9 Å². The van der Waals surface area contributed by atoms with E-state index < -0.39 is 0 Å². The summed E-state index contributed by atoms with van der Waals surface area (Å²) in [5, 5.41) is 2.84. The van der Waals surface area contributed by atoms with E-state index in [-0.39, 0.29) is 5.91 Å². The summed E-state index contributed by atoms with van der Waals surface area (Å²) in [5.74, 6) is 0.716. The molecular formula is C16H16BrNO2. The highest BCUT2D eigenvalue weighted by Crippen LogP contribution is 2.21. The first-order chi connectivity index (χ1) is 9.65. The van der Waals surface area contributed by atoms with Gasteiger partial charge in [0.1, 0.15) is 5.75 Å². The summed E-state index contributed by atoms with van der Waals surface area (Å²) in [4.78, 5) is 11.8. The number of ether oxygens (including phenoxy) is 1. The fourth-order valence-corrected chi connectivity index (χ4v) is 2.06. The van der Waals surface area contributed by atoms with E-state index in [4.69, 9.17) is 4.74 Å². The third-order valence-electron chi connectivity index (χ3n) is 2.77. The Morgan fingerprint density at radius 1 is 1.15 bits per heavy atom. The number of amides is 1. The van der Waals surface area contributed by atoms with Crippen LogP contribution in [-0.4, -0.2) is 12.5 Å². The van der Waals surface area contributed by atoms with Crippen LogP contribution in [0.3, 0.4) is 0 Å². The lowest BCUT2D eigenvalue weighted by Crippen LogP contribution is -2.15. The first-order valence-corrected chi connectivity index (χ1v) is 7.18. The number of para-hydroxylation sites is 1. The van der Waals surface area contributed by atoms with Crippen LogP contribution in [0.15, 0.2) is 53.0 Å². The third kappa shape index (κ3) is 4.38. The molecule has 0 atom stereocenters. The lowest BCUT2D eigenvalue weighted by molar-refractivity contribution is -0.116. The summed E-state index contributed by atoms with van der Waals surface area (Å²) in [7, 11) is 0. The number of aryl methyl sites for hydroxylation is 1. The van der Waals surface area contributed by atoms with Crippen molar-refractivity contribution in [3.05, 3.63) is 58.6 Å². The van der Waals surface area contributed by atoms with E-state index in [0.29, 0.717) is 13.0 Å². The first kappa shape index (κ1) is 14.6. The van der Waals surface area contributed by atoms with E-state index in [1.54, 1.807) is 0 Å². The highest BCUT2D eigenvalue weighted by molar-refractivity contribution is 9.10. The summed E-state index contributed by atoms with van der Waals surface area (Å²) < 4.78 is 6.40.